The van der Waals surface area contributed by atoms with Gasteiger partial charge in [0.1, 0.15) is 10.6 Å². The zero-order valence-electron chi connectivity index (χ0n) is 11.3. The lowest BCUT2D eigenvalue weighted by molar-refractivity contribution is 0.00955. The Bertz CT molecular complexity index is 747. The molecule has 1 aromatic carbocycles. The molecular weight excluding hydrogens is 313 g/mol. The van der Waals surface area contributed by atoms with Gasteiger partial charge in [0.2, 0.25) is 5.28 Å². The maximum atomic E-state index is 11.7. The minimum absolute atomic E-state index is 0.0990. The highest BCUT2D eigenvalue weighted by Crippen LogP contribution is 2.37. The normalized spacial score (nSPS) is 15.5. The molecule has 0 saturated carbocycles. The zero-order chi connectivity index (χ0) is 15.2. The van der Waals surface area contributed by atoms with E-state index in [1.54, 1.807) is 12.1 Å². The number of fused-ring (bicyclic) bond motifs is 1. The molecule has 0 amide bonds. The molecule has 5 nitrogen and oxygen atoms in total. The van der Waals surface area contributed by atoms with Crippen LogP contribution in [0.3, 0.4) is 0 Å². The monoisotopic (exact) mass is 323 g/mol. The Labute approximate surface area is 131 Å². The third kappa shape index (κ3) is 2.54. The van der Waals surface area contributed by atoms with Crippen LogP contribution in [0.5, 0.6) is 0 Å². The molecule has 21 heavy (non-hydrogen) atoms. The van der Waals surface area contributed by atoms with Crippen LogP contribution in [0.2, 0.25) is 10.3 Å². The van der Waals surface area contributed by atoms with E-state index < -0.39 is 5.60 Å². The van der Waals surface area contributed by atoms with Gasteiger partial charge in [-0.2, -0.15) is 4.98 Å². The van der Waals surface area contributed by atoms with Crippen LogP contribution in [-0.4, -0.2) is 15.9 Å². The van der Waals surface area contributed by atoms with E-state index in [0.29, 0.717) is 16.4 Å². The summed E-state index contributed by atoms with van der Waals surface area (Å²) in [5, 5.41) is 3.51. The number of aromatic nitrogens is 2. The van der Waals surface area contributed by atoms with Gasteiger partial charge >= 0.3 is 5.97 Å². The number of nitrogens with zero attached hydrogens (tertiary/aromatic N) is 2. The van der Waals surface area contributed by atoms with Gasteiger partial charge in [0.15, 0.2) is 5.82 Å². The highest BCUT2D eigenvalue weighted by atomic mass is 35.5. The van der Waals surface area contributed by atoms with E-state index in [4.69, 9.17) is 27.9 Å². The summed E-state index contributed by atoms with van der Waals surface area (Å²) >= 11 is 11.8. The lowest BCUT2D eigenvalue weighted by Gasteiger charge is -2.18. The third-order valence-corrected chi connectivity index (χ3v) is 3.67. The van der Waals surface area contributed by atoms with Crippen molar-refractivity contribution < 1.29 is 9.53 Å². The van der Waals surface area contributed by atoms with Crippen molar-refractivity contribution in [1.29, 1.82) is 0 Å². The summed E-state index contributed by atoms with van der Waals surface area (Å²) in [4.78, 5) is 19.6. The molecule has 0 bridgehead atoms. The average Bonchev–Trinajstić information content (AvgIpc) is 2.64. The lowest BCUT2D eigenvalue weighted by Crippen LogP contribution is -2.16. The molecule has 3 rings (SSSR count). The summed E-state index contributed by atoms with van der Waals surface area (Å²) in [7, 11) is 0. The van der Waals surface area contributed by atoms with E-state index in [2.05, 4.69) is 15.3 Å². The quantitative estimate of drug-likeness (QED) is 0.670. The van der Waals surface area contributed by atoms with E-state index in [0.717, 1.165) is 11.3 Å². The van der Waals surface area contributed by atoms with Gasteiger partial charge in [-0.3, -0.25) is 0 Å². The van der Waals surface area contributed by atoms with Crippen molar-refractivity contribution in [1.82, 2.24) is 9.97 Å². The van der Waals surface area contributed by atoms with Gasteiger partial charge < -0.3 is 10.1 Å². The number of hydrogen-bond donors (Lipinski definition) is 1. The number of carbonyl (C=O) groups is 1. The molecule has 108 valence electrons. The van der Waals surface area contributed by atoms with Crippen LogP contribution in [0.25, 0.3) is 0 Å². The van der Waals surface area contributed by atoms with Crippen molar-refractivity contribution in [2.24, 2.45) is 0 Å². The first kappa shape index (κ1) is 14.1. The van der Waals surface area contributed by atoms with Crippen LogP contribution in [0.1, 0.15) is 29.8 Å². The van der Waals surface area contributed by atoms with Crippen molar-refractivity contribution in [2.75, 3.05) is 5.32 Å². The second-order valence-electron chi connectivity index (χ2n) is 5.12. The molecule has 0 unspecified atom stereocenters. The molecule has 0 saturated heterocycles. The molecular formula is C14H11Cl2N3O2. The summed E-state index contributed by atoms with van der Waals surface area (Å²) in [5.74, 6) is 0.0873. The second-order valence-corrected chi connectivity index (χ2v) is 5.87. The summed E-state index contributed by atoms with van der Waals surface area (Å²) in [6.45, 7) is 3.68. The predicted octanol–water partition coefficient (Wildman–Crippen LogP) is 3.93. The number of halogens is 2. The van der Waals surface area contributed by atoms with Crippen LogP contribution < -0.4 is 5.32 Å². The van der Waals surface area contributed by atoms with E-state index in [1.165, 1.54) is 6.20 Å². The Hall–Kier alpha value is -1.85. The van der Waals surface area contributed by atoms with Crippen LogP contribution in [0, 0.1) is 0 Å². The first-order valence-electron chi connectivity index (χ1n) is 6.20. The van der Waals surface area contributed by atoms with E-state index in [-0.39, 0.29) is 11.3 Å². The Morgan fingerprint density at radius 2 is 2.05 bits per heavy atom. The van der Waals surface area contributed by atoms with Gasteiger partial charge in [-0.05, 0) is 43.6 Å². The van der Waals surface area contributed by atoms with Gasteiger partial charge in [0, 0.05) is 11.3 Å². The highest BCUT2D eigenvalue weighted by Gasteiger charge is 2.37. The summed E-state index contributed by atoms with van der Waals surface area (Å²) in [6.07, 6.45) is 1.42. The van der Waals surface area contributed by atoms with Crippen molar-refractivity contribution in [3.63, 3.8) is 0 Å². The van der Waals surface area contributed by atoms with Gasteiger partial charge in [-0.25, -0.2) is 9.78 Å². The highest BCUT2D eigenvalue weighted by molar-refractivity contribution is 6.33. The number of ether oxygens (including phenoxy) is 1. The largest absolute Gasteiger partial charge is 0.451 e. The third-order valence-electron chi connectivity index (χ3n) is 3.21. The predicted molar refractivity (Wildman–Crippen MR) is 80.2 cm³/mol. The molecule has 7 heteroatoms. The lowest BCUT2D eigenvalue weighted by atomic mass is 9.95. The average molecular weight is 324 g/mol. The number of rotatable bonds is 2. The summed E-state index contributed by atoms with van der Waals surface area (Å²) in [5.41, 5.74) is 1.46. The molecule has 0 radical (unpaired) electrons. The molecule has 1 aliphatic heterocycles. The SMILES string of the molecule is CC1(C)OC(=O)c2ccc(Nc3nc(Cl)ncc3Cl)cc21. The Morgan fingerprint density at radius 1 is 1.29 bits per heavy atom. The molecule has 1 aliphatic rings. The maximum absolute atomic E-state index is 11.7. The molecule has 0 spiro atoms. The number of anilines is 2. The number of hydrogen-bond acceptors (Lipinski definition) is 5. The number of nitrogens with one attached hydrogen (secondary N) is 1. The minimum atomic E-state index is -0.656. The number of carbonyl (C=O) groups excluding carboxylic acids is 1. The molecule has 0 fully saturated rings. The first-order valence-corrected chi connectivity index (χ1v) is 6.95. The van der Waals surface area contributed by atoms with E-state index in [9.17, 15) is 4.79 Å². The summed E-state index contributed by atoms with van der Waals surface area (Å²) < 4.78 is 5.33. The van der Waals surface area contributed by atoms with Gasteiger partial charge in [0.05, 0.1) is 11.8 Å². The second kappa shape index (κ2) is 4.86. The molecule has 2 heterocycles. The number of cyclic esters (lactones) is 1. The Morgan fingerprint density at radius 3 is 2.81 bits per heavy atom. The van der Waals surface area contributed by atoms with Crippen molar-refractivity contribution in [2.45, 2.75) is 19.4 Å². The van der Waals surface area contributed by atoms with Crippen LogP contribution in [0.15, 0.2) is 24.4 Å². The van der Waals surface area contributed by atoms with E-state index in [1.807, 2.05) is 19.9 Å². The van der Waals surface area contributed by atoms with E-state index >= 15 is 0 Å². The van der Waals surface area contributed by atoms with Crippen LogP contribution >= 0.6 is 23.2 Å². The Balaban J connectivity index is 1.99. The van der Waals surface area contributed by atoms with Gasteiger partial charge in [-0.15, -0.1) is 0 Å². The zero-order valence-corrected chi connectivity index (χ0v) is 12.8. The molecule has 1 N–H and O–H groups in total. The molecule has 0 aliphatic carbocycles. The maximum Gasteiger partial charge on any atom is 0.339 e. The first-order chi connectivity index (χ1) is 9.87. The van der Waals surface area contributed by atoms with Crippen molar-refractivity contribution >= 4 is 40.7 Å². The van der Waals surface area contributed by atoms with Crippen molar-refractivity contribution in [3.8, 4) is 0 Å². The number of benzene rings is 1. The smallest absolute Gasteiger partial charge is 0.339 e. The van der Waals surface area contributed by atoms with Crippen LogP contribution in [-0.2, 0) is 10.3 Å². The summed E-state index contributed by atoms with van der Waals surface area (Å²) in [6, 6.07) is 5.31. The molecule has 1 aromatic heterocycles. The van der Waals surface area contributed by atoms with Crippen LogP contribution in [0.4, 0.5) is 11.5 Å². The molecule has 0 atom stereocenters. The molecule has 2 aromatic rings. The van der Waals surface area contributed by atoms with Gasteiger partial charge in [0.25, 0.3) is 0 Å². The fraction of sp³-hybridized carbons (Fsp3) is 0.214. The standard InChI is InChI=1S/C14H11Cl2N3O2/c1-14(2)9-5-7(3-4-8(9)12(20)21-14)18-11-10(15)6-17-13(16)19-11/h3-6H,1-2H3,(H,17,18,19). The number of esters is 1. The fourth-order valence-electron chi connectivity index (χ4n) is 2.21. The van der Waals surface area contributed by atoms with Gasteiger partial charge in [-0.1, -0.05) is 11.6 Å². The topological polar surface area (TPSA) is 64.1 Å². The fourth-order valence-corrected chi connectivity index (χ4v) is 2.48. The van der Waals surface area contributed by atoms with Crippen molar-refractivity contribution in [3.05, 3.63) is 45.8 Å². The minimum Gasteiger partial charge on any atom is -0.451 e. The Kier molecular flexibility index (Phi) is 3.26.